The van der Waals surface area contributed by atoms with Crippen molar-refractivity contribution in [2.75, 3.05) is 14.2 Å². The van der Waals surface area contributed by atoms with Gasteiger partial charge < -0.3 is 9.47 Å². The number of methoxy groups -OCH3 is 2. The van der Waals surface area contributed by atoms with Gasteiger partial charge in [0.25, 0.3) is 5.56 Å². The fourth-order valence-electron chi connectivity index (χ4n) is 1.88. The van der Waals surface area contributed by atoms with Gasteiger partial charge in [0.05, 0.1) is 19.9 Å². The van der Waals surface area contributed by atoms with E-state index in [9.17, 15) is 4.79 Å². The van der Waals surface area contributed by atoms with Crippen molar-refractivity contribution < 1.29 is 9.47 Å². The van der Waals surface area contributed by atoms with Crippen LogP contribution in [0.5, 0.6) is 11.5 Å². The first kappa shape index (κ1) is 13.1. The van der Waals surface area contributed by atoms with Gasteiger partial charge in [-0.1, -0.05) is 0 Å². The van der Waals surface area contributed by atoms with Crippen molar-refractivity contribution in [2.45, 2.75) is 13.8 Å². The molecule has 2 rings (SSSR count). The Kier molecular flexibility index (Phi) is 3.55. The van der Waals surface area contributed by atoms with Crippen LogP contribution in [-0.2, 0) is 0 Å². The van der Waals surface area contributed by atoms with Gasteiger partial charge in [-0.2, -0.15) is 5.10 Å². The first-order chi connectivity index (χ1) is 9.08. The lowest BCUT2D eigenvalue weighted by molar-refractivity contribution is 0.404. The molecule has 19 heavy (non-hydrogen) atoms. The minimum Gasteiger partial charge on any atom is -0.497 e. The molecule has 0 unspecified atom stereocenters. The summed E-state index contributed by atoms with van der Waals surface area (Å²) >= 11 is 0. The number of ether oxygens (including phenoxy) is 2. The van der Waals surface area contributed by atoms with Crippen molar-refractivity contribution in [3.63, 3.8) is 0 Å². The largest absolute Gasteiger partial charge is 0.497 e. The van der Waals surface area contributed by atoms with Gasteiger partial charge in [0, 0.05) is 11.1 Å². The number of H-pyrrole nitrogens is 1. The summed E-state index contributed by atoms with van der Waals surface area (Å²) in [6.45, 7) is 3.64. The van der Waals surface area contributed by atoms with Gasteiger partial charge >= 0.3 is 0 Å². The SMILES string of the molecule is COc1ccc(OC)c(-c2n[nH]c(=O)c(C)c2C)c1. The second kappa shape index (κ2) is 5.14. The van der Waals surface area contributed by atoms with Gasteiger partial charge in [-0.3, -0.25) is 4.79 Å². The number of aromatic nitrogens is 2. The lowest BCUT2D eigenvalue weighted by Gasteiger charge is -2.12. The molecule has 1 aromatic carbocycles. The fraction of sp³-hybridized carbons (Fsp3) is 0.286. The smallest absolute Gasteiger partial charge is 0.267 e. The Bertz CT molecular complexity index is 662. The molecule has 0 saturated carbocycles. The number of hydrogen-bond donors (Lipinski definition) is 1. The summed E-state index contributed by atoms with van der Waals surface area (Å²) in [5.41, 5.74) is 2.78. The third-order valence-electron chi connectivity index (χ3n) is 3.19. The molecule has 2 aromatic rings. The van der Waals surface area contributed by atoms with E-state index in [1.807, 2.05) is 25.1 Å². The van der Waals surface area contributed by atoms with Crippen molar-refractivity contribution in [1.29, 1.82) is 0 Å². The third-order valence-corrected chi connectivity index (χ3v) is 3.19. The highest BCUT2D eigenvalue weighted by Gasteiger charge is 2.14. The van der Waals surface area contributed by atoms with E-state index in [4.69, 9.17) is 9.47 Å². The van der Waals surface area contributed by atoms with E-state index >= 15 is 0 Å². The topological polar surface area (TPSA) is 64.2 Å². The molecular weight excluding hydrogens is 244 g/mol. The van der Waals surface area contributed by atoms with E-state index in [1.165, 1.54) is 0 Å². The molecule has 0 aliphatic rings. The van der Waals surface area contributed by atoms with E-state index in [2.05, 4.69) is 10.2 Å². The highest BCUT2D eigenvalue weighted by molar-refractivity contribution is 5.71. The third kappa shape index (κ3) is 2.31. The van der Waals surface area contributed by atoms with Crippen LogP contribution in [0, 0.1) is 13.8 Å². The molecule has 0 atom stereocenters. The Hall–Kier alpha value is -2.30. The Morgan fingerprint density at radius 1 is 1.11 bits per heavy atom. The summed E-state index contributed by atoms with van der Waals surface area (Å²) in [6.07, 6.45) is 0. The number of nitrogens with one attached hydrogen (secondary N) is 1. The van der Waals surface area contributed by atoms with Gasteiger partial charge in [0.15, 0.2) is 0 Å². The molecule has 0 bridgehead atoms. The molecule has 1 N–H and O–H groups in total. The number of nitrogens with zero attached hydrogens (tertiary/aromatic N) is 1. The summed E-state index contributed by atoms with van der Waals surface area (Å²) < 4.78 is 10.6. The number of aromatic amines is 1. The van der Waals surface area contributed by atoms with E-state index in [-0.39, 0.29) is 5.56 Å². The zero-order chi connectivity index (χ0) is 14.0. The zero-order valence-corrected chi connectivity index (χ0v) is 11.4. The van der Waals surface area contributed by atoms with Crippen molar-refractivity contribution in [3.05, 3.63) is 39.7 Å². The maximum absolute atomic E-state index is 11.5. The summed E-state index contributed by atoms with van der Waals surface area (Å²) in [5.74, 6) is 1.39. The van der Waals surface area contributed by atoms with Gasteiger partial charge in [0.2, 0.25) is 0 Å². The van der Waals surface area contributed by atoms with Crippen molar-refractivity contribution in [3.8, 4) is 22.8 Å². The summed E-state index contributed by atoms with van der Waals surface area (Å²) in [6, 6.07) is 5.47. The van der Waals surface area contributed by atoms with Crippen LogP contribution in [-0.4, -0.2) is 24.4 Å². The van der Waals surface area contributed by atoms with Crippen molar-refractivity contribution in [1.82, 2.24) is 10.2 Å². The van der Waals surface area contributed by atoms with Crippen LogP contribution in [0.25, 0.3) is 11.3 Å². The second-order valence-corrected chi connectivity index (χ2v) is 4.22. The molecule has 0 aliphatic carbocycles. The Morgan fingerprint density at radius 3 is 2.47 bits per heavy atom. The average Bonchev–Trinajstić information content (AvgIpc) is 2.44. The first-order valence-electron chi connectivity index (χ1n) is 5.86. The lowest BCUT2D eigenvalue weighted by atomic mass is 10.0. The molecule has 5 nitrogen and oxygen atoms in total. The van der Waals surface area contributed by atoms with E-state index < -0.39 is 0 Å². The Balaban J connectivity index is 2.70. The maximum Gasteiger partial charge on any atom is 0.267 e. The molecule has 0 fully saturated rings. The number of benzene rings is 1. The van der Waals surface area contributed by atoms with E-state index in [0.29, 0.717) is 22.8 Å². The van der Waals surface area contributed by atoms with Gasteiger partial charge in [-0.05, 0) is 37.6 Å². The van der Waals surface area contributed by atoms with Gasteiger partial charge in [0.1, 0.15) is 11.5 Å². The molecule has 1 aromatic heterocycles. The van der Waals surface area contributed by atoms with Crippen LogP contribution in [0.15, 0.2) is 23.0 Å². The van der Waals surface area contributed by atoms with E-state index in [0.717, 1.165) is 11.1 Å². The molecule has 5 heteroatoms. The average molecular weight is 260 g/mol. The molecule has 0 aliphatic heterocycles. The predicted octanol–water partition coefficient (Wildman–Crippen LogP) is 2.07. The fourth-order valence-corrected chi connectivity index (χ4v) is 1.88. The minimum absolute atomic E-state index is 0.178. The highest BCUT2D eigenvalue weighted by atomic mass is 16.5. The Morgan fingerprint density at radius 2 is 1.84 bits per heavy atom. The van der Waals surface area contributed by atoms with Crippen LogP contribution >= 0.6 is 0 Å². The molecule has 1 heterocycles. The second-order valence-electron chi connectivity index (χ2n) is 4.22. The Labute approximate surface area is 111 Å². The number of hydrogen-bond acceptors (Lipinski definition) is 4. The van der Waals surface area contributed by atoms with Crippen LogP contribution in [0.4, 0.5) is 0 Å². The van der Waals surface area contributed by atoms with Crippen LogP contribution in [0.1, 0.15) is 11.1 Å². The summed E-state index contributed by atoms with van der Waals surface area (Å²) in [5, 5.41) is 6.61. The van der Waals surface area contributed by atoms with E-state index in [1.54, 1.807) is 21.1 Å². The maximum atomic E-state index is 11.5. The normalized spacial score (nSPS) is 10.3. The van der Waals surface area contributed by atoms with Crippen LogP contribution < -0.4 is 15.0 Å². The molecule has 0 radical (unpaired) electrons. The van der Waals surface area contributed by atoms with Crippen LogP contribution in [0.2, 0.25) is 0 Å². The molecule has 0 saturated heterocycles. The molecule has 0 amide bonds. The lowest BCUT2D eigenvalue weighted by Crippen LogP contribution is -2.14. The van der Waals surface area contributed by atoms with Gasteiger partial charge in [-0.15, -0.1) is 0 Å². The molecular formula is C14H16N2O3. The number of rotatable bonds is 3. The van der Waals surface area contributed by atoms with Crippen molar-refractivity contribution >= 4 is 0 Å². The standard InChI is InChI=1S/C14H16N2O3/c1-8-9(2)14(17)16-15-13(8)11-7-10(18-3)5-6-12(11)19-4/h5-7H,1-4H3,(H,16,17). The first-order valence-corrected chi connectivity index (χ1v) is 5.86. The van der Waals surface area contributed by atoms with Gasteiger partial charge in [-0.25, -0.2) is 5.10 Å². The predicted molar refractivity (Wildman–Crippen MR) is 72.9 cm³/mol. The minimum atomic E-state index is -0.178. The zero-order valence-electron chi connectivity index (χ0n) is 11.4. The molecule has 0 spiro atoms. The highest BCUT2D eigenvalue weighted by Crippen LogP contribution is 2.33. The summed E-state index contributed by atoms with van der Waals surface area (Å²) in [7, 11) is 3.20. The van der Waals surface area contributed by atoms with Crippen LogP contribution in [0.3, 0.4) is 0 Å². The van der Waals surface area contributed by atoms with Crippen molar-refractivity contribution in [2.24, 2.45) is 0 Å². The quantitative estimate of drug-likeness (QED) is 0.917. The molecule has 100 valence electrons. The monoisotopic (exact) mass is 260 g/mol. The summed E-state index contributed by atoms with van der Waals surface area (Å²) in [4.78, 5) is 11.5.